The zero-order chi connectivity index (χ0) is 33.1. The number of imidazole rings is 1. The molecule has 6 rings (SSSR count). The third kappa shape index (κ3) is 7.20. The molecule has 1 saturated heterocycles. The molecule has 0 radical (unpaired) electrons. The largest absolute Gasteiger partial charge is 0.444 e. The predicted octanol–water partition coefficient (Wildman–Crippen LogP) is 6.12. The van der Waals surface area contributed by atoms with Gasteiger partial charge in [0.15, 0.2) is 0 Å². The summed E-state index contributed by atoms with van der Waals surface area (Å²) in [4.78, 5) is 38.0. The van der Waals surface area contributed by atoms with Gasteiger partial charge in [0.1, 0.15) is 22.8 Å². The number of carbonyl (C=O) groups is 2. The number of fused-ring (bicyclic) bond motifs is 1. The van der Waals surface area contributed by atoms with Crippen LogP contribution in [0.15, 0.2) is 85.3 Å². The van der Waals surface area contributed by atoms with Gasteiger partial charge in [-0.3, -0.25) is 9.20 Å². The number of amides is 2. The standard InChI is InChI=1S/C37H37N7O3/c1-25-31(38)6-5-7-32(25)41-33-22-26(16-17-39-33)8-14-30-23-40-34-15-13-29(24-44(30)34)27-9-11-28(12-10-27)35(45)42-18-20-43(21-19-42)36(46)47-37(2,3)4/h5-7,9-13,15-17,22-24H,18-21,38H2,1-4H3,(H,39,41). The minimum absolute atomic E-state index is 0.0551. The van der Waals surface area contributed by atoms with E-state index in [2.05, 4.69) is 27.1 Å². The highest BCUT2D eigenvalue weighted by Gasteiger charge is 2.28. The number of carbonyl (C=O) groups excluding carboxylic acids is 2. The Morgan fingerprint density at radius 1 is 0.894 bits per heavy atom. The van der Waals surface area contributed by atoms with Crippen LogP contribution in [0.5, 0.6) is 0 Å². The average Bonchev–Trinajstić information content (AvgIpc) is 3.47. The minimum Gasteiger partial charge on any atom is -0.444 e. The molecule has 2 amide bonds. The highest BCUT2D eigenvalue weighted by molar-refractivity contribution is 5.95. The number of nitrogens with two attached hydrogens (primary N) is 1. The lowest BCUT2D eigenvalue weighted by Gasteiger charge is -2.35. The Labute approximate surface area is 274 Å². The normalized spacial score (nSPS) is 13.2. The Morgan fingerprint density at radius 2 is 1.62 bits per heavy atom. The number of ether oxygens (including phenoxy) is 1. The highest BCUT2D eigenvalue weighted by Crippen LogP contribution is 2.25. The van der Waals surface area contributed by atoms with E-state index in [1.54, 1.807) is 22.2 Å². The summed E-state index contributed by atoms with van der Waals surface area (Å²) < 4.78 is 7.43. The topological polar surface area (TPSA) is 118 Å². The molecule has 238 valence electrons. The van der Waals surface area contributed by atoms with E-state index >= 15 is 0 Å². The molecule has 0 atom stereocenters. The van der Waals surface area contributed by atoms with Crippen molar-refractivity contribution in [3.05, 3.63) is 108 Å². The van der Waals surface area contributed by atoms with Gasteiger partial charge in [-0.15, -0.1) is 0 Å². The van der Waals surface area contributed by atoms with Gasteiger partial charge in [0, 0.05) is 61.1 Å². The Balaban J connectivity index is 1.14. The molecule has 3 aromatic heterocycles. The van der Waals surface area contributed by atoms with E-state index in [0.717, 1.165) is 45.0 Å². The molecule has 1 aliphatic heterocycles. The van der Waals surface area contributed by atoms with Crippen molar-refractivity contribution < 1.29 is 14.3 Å². The molecule has 3 N–H and O–H groups in total. The third-order valence-electron chi connectivity index (χ3n) is 7.92. The molecule has 1 aliphatic rings. The number of hydrogen-bond donors (Lipinski definition) is 2. The fourth-order valence-corrected chi connectivity index (χ4v) is 5.29. The number of hydrogen-bond acceptors (Lipinski definition) is 7. The summed E-state index contributed by atoms with van der Waals surface area (Å²) in [5, 5.41) is 3.32. The molecule has 47 heavy (non-hydrogen) atoms. The molecule has 0 unspecified atom stereocenters. The van der Waals surface area contributed by atoms with Crippen molar-refractivity contribution in [2.24, 2.45) is 0 Å². The summed E-state index contributed by atoms with van der Waals surface area (Å²) in [6, 6.07) is 21.0. The summed E-state index contributed by atoms with van der Waals surface area (Å²) in [5.74, 6) is 7.10. The van der Waals surface area contributed by atoms with Crippen molar-refractivity contribution >= 4 is 34.8 Å². The Hall–Kier alpha value is -5.82. The Bertz CT molecular complexity index is 2010. The molecule has 0 aliphatic carbocycles. The maximum Gasteiger partial charge on any atom is 0.410 e. The second-order valence-electron chi connectivity index (χ2n) is 12.5. The van der Waals surface area contributed by atoms with Gasteiger partial charge in [-0.1, -0.05) is 24.1 Å². The molecule has 0 bridgehead atoms. The van der Waals surface area contributed by atoms with E-state index in [9.17, 15) is 9.59 Å². The van der Waals surface area contributed by atoms with Crippen molar-refractivity contribution in [1.82, 2.24) is 24.2 Å². The van der Waals surface area contributed by atoms with Gasteiger partial charge in [-0.05, 0) is 98.8 Å². The first kappa shape index (κ1) is 31.2. The Morgan fingerprint density at radius 3 is 2.36 bits per heavy atom. The van der Waals surface area contributed by atoms with Crippen LogP contribution >= 0.6 is 0 Å². The molecule has 5 aromatic rings. The first-order valence-electron chi connectivity index (χ1n) is 15.5. The van der Waals surface area contributed by atoms with Gasteiger partial charge in [0.05, 0.1) is 6.20 Å². The number of nitrogen functional groups attached to an aromatic ring is 1. The summed E-state index contributed by atoms with van der Waals surface area (Å²) in [5.41, 5.74) is 12.9. The first-order chi connectivity index (χ1) is 22.5. The van der Waals surface area contributed by atoms with E-state index < -0.39 is 5.60 Å². The van der Waals surface area contributed by atoms with Gasteiger partial charge in [-0.2, -0.15) is 0 Å². The lowest BCUT2D eigenvalue weighted by molar-refractivity contribution is 0.0141. The molecule has 2 aromatic carbocycles. The van der Waals surface area contributed by atoms with Crippen LogP contribution in [-0.2, 0) is 4.74 Å². The number of aromatic nitrogens is 3. The maximum atomic E-state index is 13.2. The third-order valence-corrected chi connectivity index (χ3v) is 7.92. The summed E-state index contributed by atoms with van der Waals surface area (Å²) >= 11 is 0. The van der Waals surface area contributed by atoms with E-state index in [1.807, 2.05) is 105 Å². The molecule has 0 saturated carbocycles. The maximum absolute atomic E-state index is 13.2. The number of anilines is 3. The van der Waals surface area contributed by atoms with Gasteiger partial charge in [0.25, 0.3) is 5.91 Å². The average molecular weight is 628 g/mol. The summed E-state index contributed by atoms with van der Waals surface area (Å²) in [6.45, 7) is 9.30. The second-order valence-corrected chi connectivity index (χ2v) is 12.5. The molecular formula is C37H37N7O3. The first-order valence-corrected chi connectivity index (χ1v) is 15.5. The SMILES string of the molecule is Cc1c(N)cccc1Nc1cc(C#Cc2cnc3ccc(-c4ccc(C(=O)N5CCN(C(=O)OC(C)(C)C)CC5)cc4)cn23)ccn1. The predicted molar refractivity (Wildman–Crippen MR) is 183 cm³/mol. The van der Waals surface area contributed by atoms with E-state index in [0.29, 0.717) is 37.6 Å². The fraction of sp³-hybridized carbons (Fsp3) is 0.243. The fourth-order valence-electron chi connectivity index (χ4n) is 5.29. The zero-order valence-electron chi connectivity index (χ0n) is 26.9. The lowest BCUT2D eigenvalue weighted by atomic mass is 10.0. The monoisotopic (exact) mass is 627 g/mol. The molecule has 4 heterocycles. The van der Waals surface area contributed by atoms with Crippen LogP contribution in [0.1, 0.15) is 48.0 Å². The summed E-state index contributed by atoms with van der Waals surface area (Å²) in [6.07, 6.45) is 5.13. The van der Waals surface area contributed by atoms with Crippen LogP contribution in [0.3, 0.4) is 0 Å². The van der Waals surface area contributed by atoms with Crippen LogP contribution in [0.25, 0.3) is 16.8 Å². The van der Waals surface area contributed by atoms with Crippen molar-refractivity contribution in [2.75, 3.05) is 37.2 Å². The van der Waals surface area contributed by atoms with E-state index in [4.69, 9.17) is 10.5 Å². The van der Waals surface area contributed by atoms with Gasteiger partial charge >= 0.3 is 6.09 Å². The molecule has 1 fully saturated rings. The Kier molecular flexibility index (Phi) is 8.55. The molecule has 10 nitrogen and oxygen atoms in total. The molecule has 0 spiro atoms. The summed E-state index contributed by atoms with van der Waals surface area (Å²) in [7, 11) is 0. The van der Waals surface area contributed by atoms with Crippen LogP contribution in [0, 0.1) is 18.8 Å². The second kappa shape index (κ2) is 12.9. The highest BCUT2D eigenvalue weighted by atomic mass is 16.6. The van der Waals surface area contributed by atoms with Crippen molar-refractivity contribution in [2.45, 2.75) is 33.3 Å². The van der Waals surface area contributed by atoms with Gasteiger partial charge in [-0.25, -0.2) is 14.8 Å². The van der Waals surface area contributed by atoms with Crippen LogP contribution < -0.4 is 11.1 Å². The minimum atomic E-state index is -0.551. The van der Waals surface area contributed by atoms with Crippen molar-refractivity contribution in [3.8, 4) is 23.0 Å². The molecular weight excluding hydrogens is 590 g/mol. The van der Waals surface area contributed by atoms with Crippen molar-refractivity contribution in [3.63, 3.8) is 0 Å². The van der Waals surface area contributed by atoms with Crippen LogP contribution in [0.4, 0.5) is 22.0 Å². The van der Waals surface area contributed by atoms with E-state index in [1.165, 1.54) is 0 Å². The van der Waals surface area contributed by atoms with Crippen molar-refractivity contribution in [1.29, 1.82) is 0 Å². The number of nitrogens with zero attached hydrogens (tertiary/aromatic N) is 5. The number of rotatable bonds is 4. The molecule has 10 heteroatoms. The van der Waals surface area contributed by atoms with Crippen LogP contribution in [0.2, 0.25) is 0 Å². The smallest absolute Gasteiger partial charge is 0.410 e. The number of benzene rings is 2. The zero-order valence-corrected chi connectivity index (χ0v) is 26.9. The van der Waals surface area contributed by atoms with E-state index in [-0.39, 0.29) is 12.0 Å². The number of pyridine rings is 2. The number of piperazine rings is 1. The van der Waals surface area contributed by atoms with Gasteiger partial charge in [0.2, 0.25) is 0 Å². The number of nitrogens with one attached hydrogen (secondary N) is 1. The van der Waals surface area contributed by atoms with Crippen LogP contribution in [-0.4, -0.2) is 67.9 Å². The van der Waals surface area contributed by atoms with Gasteiger partial charge < -0.3 is 25.6 Å². The quantitative estimate of drug-likeness (QED) is 0.182. The lowest BCUT2D eigenvalue weighted by Crippen LogP contribution is -2.51.